The molecule has 1 amide bonds. The van der Waals surface area contributed by atoms with Gasteiger partial charge in [-0.1, -0.05) is 30.2 Å². The van der Waals surface area contributed by atoms with Crippen LogP contribution in [-0.4, -0.2) is 101 Å². The highest BCUT2D eigenvalue weighted by atomic mass is 19.1. The molecule has 6 heterocycles. The second-order valence-corrected chi connectivity index (χ2v) is 13.9. The second kappa shape index (κ2) is 12.2. The topological polar surface area (TPSA) is 96.0 Å². The number of carbonyl (C=O) groups excluding carboxylic acids is 1. The van der Waals surface area contributed by atoms with E-state index in [1.165, 1.54) is 11.0 Å². The highest BCUT2D eigenvalue weighted by molar-refractivity contribution is 6.01. The first kappa shape index (κ1) is 30.8. The quantitative estimate of drug-likeness (QED) is 0.278. The van der Waals surface area contributed by atoms with E-state index < -0.39 is 5.82 Å². The zero-order valence-corrected chi connectivity index (χ0v) is 27.4. The van der Waals surface area contributed by atoms with E-state index in [2.05, 4.69) is 21.0 Å². The molecule has 0 radical (unpaired) electrons. The molecule has 4 aliphatic heterocycles. The Bertz CT molecular complexity index is 1930. The summed E-state index contributed by atoms with van der Waals surface area (Å²) in [5.74, 6) is 2.94. The molecule has 48 heavy (non-hydrogen) atoms. The Morgan fingerprint density at radius 1 is 1.08 bits per heavy atom. The van der Waals surface area contributed by atoms with Gasteiger partial charge in [-0.15, -0.1) is 6.42 Å². The van der Waals surface area contributed by atoms with E-state index >= 15 is 0 Å². The molecule has 4 fully saturated rings. The first-order valence-corrected chi connectivity index (χ1v) is 16.9. The van der Waals surface area contributed by atoms with Gasteiger partial charge in [-0.3, -0.25) is 4.90 Å². The van der Waals surface area contributed by atoms with Crippen molar-refractivity contribution >= 4 is 33.7 Å². The number of benzene rings is 2. The fourth-order valence-corrected chi connectivity index (χ4v) is 8.39. The molecule has 1 N–H and O–H groups in total. The third-order valence-electron chi connectivity index (χ3n) is 10.7. The molecule has 2 aromatic heterocycles. The van der Waals surface area contributed by atoms with Gasteiger partial charge in [-0.25, -0.2) is 14.2 Å². The summed E-state index contributed by atoms with van der Waals surface area (Å²) < 4.78 is 27.0. The van der Waals surface area contributed by atoms with Crippen molar-refractivity contribution in [3.63, 3.8) is 0 Å². The number of aromatic nitrogens is 3. The van der Waals surface area contributed by atoms with Gasteiger partial charge in [0.1, 0.15) is 24.8 Å². The summed E-state index contributed by atoms with van der Waals surface area (Å²) in [7, 11) is 3.39. The average Bonchev–Trinajstić information content (AvgIpc) is 3.77. The molecule has 11 heteroatoms. The number of amides is 1. The molecule has 248 valence electrons. The molecule has 0 unspecified atom stereocenters. The molecule has 2 aromatic carbocycles. The molecule has 4 saturated heterocycles. The zero-order chi connectivity index (χ0) is 33.0. The largest absolute Gasteiger partial charge is 0.461 e. The van der Waals surface area contributed by atoms with Crippen molar-refractivity contribution in [2.24, 2.45) is 0 Å². The number of halogens is 1. The van der Waals surface area contributed by atoms with Crippen LogP contribution in [0.25, 0.3) is 33.1 Å². The van der Waals surface area contributed by atoms with Crippen molar-refractivity contribution in [2.75, 3.05) is 51.8 Å². The highest BCUT2D eigenvalue weighted by Gasteiger charge is 2.50. The summed E-state index contributed by atoms with van der Waals surface area (Å²) in [5, 5.41) is 6.06. The van der Waals surface area contributed by atoms with Crippen LogP contribution in [0.5, 0.6) is 6.01 Å². The second-order valence-electron chi connectivity index (χ2n) is 13.9. The van der Waals surface area contributed by atoms with Gasteiger partial charge in [0.25, 0.3) is 0 Å². The van der Waals surface area contributed by atoms with Crippen LogP contribution < -0.4 is 15.0 Å². The van der Waals surface area contributed by atoms with Crippen molar-refractivity contribution in [3.05, 3.63) is 53.8 Å². The maximum Gasteiger partial charge on any atom is 0.409 e. The molecule has 8 rings (SSSR count). The van der Waals surface area contributed by atoms with Crippen LogP contribution in [0.1, 0.15) is 44.1 Å². The van der Waals surface area contributed by atoms with E-state index in [0.717, 1.165) is 80.3 Å². The Morgan fingerprint density at radius 2 is 1.92 bits per heavy atom. The highest BCUT2D eigenvalue weighted by Crippen LogP contribution is 2.43. The minimum Gasteiger partial charge on any atom is -0.461 e. The number of hydrogen-bond donors (Lipinski definition) is 1. The number of nitrogens with zero attached hydrogens (tertiary/aromatic N) is 6. The van der Waals surface area contributed by atoms with Crippen LogP contribution >= 0.6 is 0 Å². The fraction of sp³-hybridized carbons (Fsp3) is 0.459. The van der Waals surface area contributed by atoms with Gasteiger partial charge in [-0.05, 0) is 68.7 Å². The predicted octanol–water partition coefficient (Wildman–Crippen LogP) is 4.98. The van der Waals surface area contributed by atoms with Crippen LogP contribution in [0, 0.1) is 18.2 Å². The number of ether oxygens (including phenoxy) is 2. The van der Waals surface area contributed by atoms with Crippen molar-refractivity contribution in [3.8, 4) is 29.6 Å². The Balaban J connectivity index is 1.14. The Labute approximate surface area is 279 Å². The van der Waals surface area contributed by atoms with Crippen molar-refractivity contribution < 1.29 is 18.7 Å². The Hall–Kier alpha value is -4.53. The van der Waals surface area contributed by atoms with Crippen molar-refractivity contribution in [1.29, 1.82) is 0 Å². The van der Waals surface area contributed by atoms with E-state index in [-0.39, 0.29) is 23.2 Å². The van der Waals surface area contributed by atoms with E-state index in [1.54, 1.807) is 20.2 Å². The Morgan fingerprint density at radius 3 is 2.71 bits per heavy atom. The summed E-state index contributed by atoms with van der Waals surface area (Å²) in [6.07, 6.45) is 11.7. The monoisotopic (exact) mass is 649 g/mol. The lowest BCUT2D eigenvalue weighted by atomic mass is 9.95. The Kier molecular flexibility index (Phi) is 7.80. The van der Waals surface area contributed by atoms with E-state index in [1.807, 2.05) is 30.3 Å². The predicted molar refractivity (Wildman–Crippen MR) is 183 cm³/mol. The average molecular weight is 650 g/mol. The number of hydrogen-bond acceptors (Lipinski definition) is 9. The summed E-state index contributed by atoms with van der Waals surface area (Å²) in [5.41, 5.74) is 1.99. The lowest BCUT2D eigenvalue weighted by Crippen LogP contribution is -2.51. The summed E-state index contributed by atoms with van der Waals surface area (Å²) in [4.78, 5) is 33.4. The molecule has 4 aromatic rings. The smallest absolute Gasteiger partial charge is 0.409 e. The number of pyridine rings is 1. The van der Waals surface area contributed by atoms with Gasteiger partial charge in [0.2, 0.25) is 0 Å². The molecular formula is C37H40FN7O3. The number of anilines is 1. The maximum atomic E-state index is 14.9. The third kappa shape index (κ3) is 5.37. The number of terminal acetylenes is 1. The zero-order valence-electron chi connectivity index (χ0n) is 27.4. The van der Waals surface area contributed by atoms with Gasteiger partial charge in [0.05, 0.1) is 22.2 Å². The molecule has 4 atom stereocenters. The number of nitrogens with one attached hydrogen (secondary N) is 1. The SMILES string of the molecule is C#Cc1c(F)ccc2cccc(-c3ccc4c(N5C[C@H]6CC[C@@H](C5)N6)nc(OC[C@]56CCCN5[C@@H](COC(=O)N(C)C)CC6)nc4n3)c12. The van der Waals surface area contributed by atoms with Crippen LogP contribution in [0.3, 0.4) is 0 Å². The van der Waals surface area contributed by atoms with Gasteiger partial charge in [-0.2, -0.15) is 9.97 Å². The van der Waals surface area contributed by atoms with E-state index in [9.17, 15) is 9.18 Å². The van der Waals surface area contributed by atoms with Gasteiger partial charge in [0.15, 0.2) is 5.65 Å². The van der Waals surface area contributed by atoms with Crippen LogP contribution in [-0.2, 0) is 4.74 Å². The lowest BCUT2D eigenvalue weighted by Gasteiger charge is -2.35. The number of piperazine rings is 1. The molecule has 2 bridgehead atoms. The molecular weight excluding hydrogens is 609 g/mol. The number of fused-ring (bicyclic) bond motifs is 5. The first-order valence-electron chi connectivity index (χ1n) is 16.9. The summed E-state index contributed by atoms with van der Waals surface area (Å²) >= 11 is 0. The molecule has 0 spiro atoms. The lowest BCUT2D eigenvalue weighted by molar-refractivity contribution is 0.0484. The standard InChI is InChI=1S/C37H40FN7O3/c1-4-27-30(38)13-9-23-7-5-8-28(32(23)27)31-14-12-29-33(40-31)41-35(42-34(29)44-19-24-10-11-25(20-44)39-24)48-22-37-16-6-18-45(37)26(15-17-37)21-47-36(46)43(2)3/h1,5,7-9,12-14,24-26,39H,6,10-11,15-22H2,2-3H3/t24-,25+,26-,37-/m1/s1. The van der Waals surface area contributed by atoms with E-state index in [4.69, 9.17) is 30.8 Å². The van der Waals surface area contributed by atoms with E-state index in [0.29, 0.717) is 48.0 Å². The van der Waals surface area contributed by atoms with Gasteiger partial charge >= 0.3 is 12.1 Å². The first-order chi connectivity index (χ1) is 23.3. The van der Waals surface area contributed by atoms with Crippen molar-refractivity contribution in [2.45, 2.75) is 62.2 Å². The van der Waals surface area contributed by atoms with Crippen LogP contribution in [0.4, 0.5) is 15.0 Å². The third-order valence-corrected chi connectivity index (χ3v) is 10.7. The van der Waals surface area contributed by atoms with Gasteiger partial charge < -0.3 is 24.6 Å². The normalized spacial score (nSPS) is 25.0. The number of rotatable bonds is 7. The van der Waals surface area contributed by atoms with Gasteiger partial charge in [0, 0.05) is 56.3 Å². The van der Waals surface area contributed by atoms with Crippen molar-refractivity contribution in [1.82, 2.24) is 30.1 Å². The minimum absolute atomic E-state index is 0.157. The van der Waals surface area contributed by atoms with Crippen LogP contribution in [0.15, 0.2) is 42.5 Å². The van der Waals surface area contributed by atoms with Crippen LogP contribution in [0.2, 0.25) is 0 Å². The number of carbonyl (C=O) groups is 1. The molecule has 4 aliphatic rings. The fourth-order valence-electron chi connectivity index (χ4n) is 8.39. The maximum absolute atomic E-state index is 14.9. The summed E-state index contributed by atoms with van der Waals surface area (Å²) in [6.45, 7) is 3.45. The summed E-state index contributed by atoms with van der Waals surface area (Å²) in [6, 6.07) is 14.2. The molecule has 10 nitrogen and oxygen atoms in total. The minimum atomic E-state index is -0.433. The molecule has 0 aliphatic carbocycles. The molecule has 0 saturated carbocycles.